The van der Waals surface area contributed by atoms with Gasteiger partial charge in [0.25, 0.3) is 0 Å². The van der Waals surface area contributed by atoms with Gasteiger partial charge in [-0.3, -0.25) is 4.90 Å². The number of carbonyl (C=O) groups is 1. The van der Waals surface area contributed by atoms with Crippen LogP contribution in [0.15, 0.2) is 36.0 Å². The molecule has 1 saturated heterocycles. The Morgan fingerprint density at radius 3 is 2.59 bits per heavy atom. The van der Waals surface area contributed by atoms with Crippen molar-refractivity contribution in [1.29, 1.82) is 0 Å². The van der Waals surface area contributed by atoms with Crippen LogP contribution in [0.2, 0.25) is 0 Å². The van der Waals surface area contributed by atoms with Gasteiger partial charge in [-0.25, -0.2) is 4.79 Å². The molecule has 1 heterocycles. The monoisotopic (exact) mass is 299 g/mol. The summed E-state index contributed by atoms with van der Waals surface area (Å²) in [6.07, 6.45) is 9.53. The molecule has 1 spiro atoms. The van der Waals surface area contributed by atoms with Gasteiger partial charge in [-0.1, -0.05) is 50.1 Å². The van der Waals surface area contributed by atoms with E-state index < -0.39 is 0 Å². The molecule has 0 aromatic heterocycles. The normalized spacial score (nSPS) is 22.3. The number of carbonyl (C=O) groups excluding carboxylic acids is 1. The fourth-order valence-corrected chi connectivity index (χ4v) is 3.54. The number of hydrogen-bond donors (Lipinski definition) is 0. The molecule has 0 unspecified atom stereocenters. The molecule has 22 heavy (non-hydrogen) atoms. The first-order chi connectivity index (χ1) is 10.7. The highest BCUT2D eigenvalue weighted by molar-refractivity contribution is 5.78. The topological polar surface area (TPSA) is 29.5 Å². The van der Waals surface area contributed by atoms with Crippen LogP contribution in [0.4, 0.5) is 4.79 Å². The van der Waals surface area contributed by atoms with Crippen molar-refractivity contribution in [1.82, 2.24) is 4.90 Å². The highest BCUT2D eigenvalue weighted by atomic mass is 16.6. The lowest BCUT2D eigenvalue weighted by atomic mass is 9.81. The summed E-state index contributed by atoms with van der Waals surface area (Å²) in [5.41, 5.74) is 1.85. The van der Waals surface area contributed by atoms with Gasteiger partial charge in [0.05, 0.1) is 5.70 Å². The second kappa shape index (κ2) is 6.55. The Bertz CT molecular complexity index is 544. The van der Waals surface area contributed by atoms with Crippen LogP contribution in [0, 0.1) is 0 Å². The van der Waals surface area contributed by atoms with Crippen LogP contribution >= 0.6 is 0 Å². The Balaban J connectivity index is 1.96. The second-order valence-corrected chi connectivity index (χ2v) is 6.37. The summed E-state index contributed by atoms with van der Waals surface area (Å²) in [5.74, 6) is 0. The van der Waals surface area contributed by atoms with Crippen LogP contribution in [-0.4, -0.2) is 23.1 Å². The number of nitrogens with zero attached hydrogens (tertiary/aromatic N) is 1. The number of amides is 1. The van der Waals surface area contributed by atoms with Crippen LogP contribution < -0.4 is 0 Å². The molecule has 0 atom stereocenters. The molecule has 1 saturated carbocycles. The highest BCUT2D eigenvalue weighted by Crippen LogP contribution is 2.45. The van der Waals surface area contributed by atoms with Crippen LogP contribution in [0.25, 0.3) is 6.08 Å². The molecule has 1 aromatic rings. The standard InChI is InChI=1S/C19H25NO2/c1-2-3-14-20-17(15-16-10-6-4-7-11-16)19(22-18(20)21)12-8-5-9-13-19/h4,6-7,10-11,15H,2-3,5,8-9,12-14H2,1H3/b17-15-. The molecule has 1 aliphatic heterocycles. The highest BCUT2D eigenvalue weighted by Gasteiger charge is 2.49. The molecule has 0 N–H and O–H groups in total. The van der Waals surface area contributed by atoms with E-state index in [-0.39, 0.29) is 11.7 Å². The average molecular weight is 299 g/mol. The van der Waals surface area contributed by atoms with Gasteiger partial charge in [-0.15, -0.1) is 0 Å². The third-order valence-corrected chi connectivity index (χ3v) is 4.76. The zero-order valence-corrected chi connectivity index (χ0v) is 13.4. The summed E-state index contributed by atoms with van der Waals surface area (Å²) in [4.78, 5) is 14.3. The third kappa shape index (κ3) is 2.90. The Kier molecular flexibility index (Phi) is 4.51. The second-order valence-electron chi connectivity index (χ2n) is 6.37. The van der Waals surface area contributed by atoms with Gasteiger partial charge in [0.2, 0.25) is 0 Å². The molecule has 1 aromatic carbocycles. The van der Waals surface area contributed by atoms with Gasteiger partial charge in [-0.05, 0) is 43.7 Å². The van der Waals surface area contributed by atoms with E-state index in [9.17, 15) is 4.79 Å². The van der Waals surface area contributed by atoms with Crippen LogP contribution in [0.1, 0.15) is 57.4 Å². The lowest BCUT2D eigenvalue weighted by Crippen LogP contribution is -2.34. The maximum Gasteiger partial charge on any atom is 0.415 e. The van der Waals surface area contributed by atoms with Crippen molar-refractivity contribution in [3.63, 3.8) is 0 Å². The van der Waals surface area contributed by atoms with Gasteiger partial charge in [0, 0.05) is 6.54 Å². The molecular weight excluding hydrogens is 274 g/mol. The first-order valence-electron chi connectivity index (χ1n) is 8.53. The van der Waals surface area contributed by atoms with Gasteiger partial charge < -0.3 is 4.74 Å². The summed E-state index contributed by atoms with van der Waals surface area (Å²) in [5, 5.41) is 0. The van der Waals surface area contributed by atoms with E-state index in [0.717, 1.165) is 56.3 Å². The molecule has 0 radical (unpaired) electrons. The van der Waals surface area contributed by atoms with Crippen molar-refractivity contribution < 1.29 is 9.53 Å². The Morgan fingerprint density at radius 1 is 1.18 bits per heavy atom. The summed E-state index contributed by atoms with van der Waals surface area (Å²) in [6, 6.07) is 10.3. The van der Waals surface area contributed by atoms with Gasteiger partial charge in [-0.2, -0.15) is 0 Å². The molecule has 0 bridgehead atoms. The minimum Gasteiger partial charge on any atom is -0.436 e. The van der Waals surface area contributed by atoms with E-state index in [2.05, 4.69) is 25.1 Å². The van der Waals surface area contributed by atoms with Gasteiger partial charge in [0.15, 0.2) is 5.60 Å². The SMILES string of the molecule is CCCCN1C(=O)OC2(CCCCC2)/C1=C/c1ccccc1. The zero-order valence-electron chi connectivity index (χ0n) is 13.4. The van der Waals surface area contributed by atoms with Crippen molar-refractivity contribution in [2.45, 2.75) is 57.5 Å². The molecule has 3 heteroatoms. The minimum atomic E-state index is -0.376. The van der Waals surface area contributed by atoms with Gasteiger partial charge >= 0.3 is 6.09 Å². The predicted octanol–water partition coefficient (Wildman–Crippen LogP) is 4.98. The fraction of sp³-hybridized carbons (Fsp3) is 0.526. The summed E-state index contributed by atoms with van der Waals surface area (Å²) >= 11 is 0. The largest absolute Gasteiger partial charge is 0.436 e. The molecule has 1 aliphatic carbocycles. The lowest BCUT2D eigenvalue weighted by Gasteiger charge is -2.33. The van der Waals surface area contributed by atoms with E-state index in [0.29, 0.717) is 0 Å². The quantitative estimate of drug-likeness (QED) is 0.784. The Morgan fingerprint density at radius 2 is 1.91 bits per heavy atom. The number of ether oxygens (including phenoxy) is 1. The third-order valence-electron chi connectivity index (χ3n) is 4.76. The minimum absolute atomic E-state index is 0.155. The van der Waals surface area contributed by atoms with Gasteiger partial charge in [0.1, 0.15) is 0 Å². The number of rotatable bonds is 4. The van der Waals surface area contributed by atoms with E-state index >= 15 is 0 Å². The van der Waals surface area contributed by atoms with E-state index in [1.807, 2.05) is 23.1 Å². The first-order valence-corrected chi connectivity index (χ1v) is 8.53. The predicted molar refractivity (Wildman–Crippen MR) is 88.3 cm³/mol. The maximum absolute atomic E-state index is 12.4. The van der Waals surface area contributed by atoms with Crippen molar-refractivity contribution in [3.05, 3.63) is 41.6 Å². The molecule has 1 amide bonds. The van der Waals surface area contributed by atoms with Crippen molar-refractivity contribution >= 4 is 12.2 Å². The number of unbranched alkanes of at least 4 members (excludes halogenated alkanes) is 1. The summed E-state index contributed by atoms with van der Waals surface area (Å²) in [6.45, 7) is 2.91. The molecule has 3 rings (SSSR count). The summed E-state index contributed by atoms with van der Waals surface area (Å²) < 4.78 is 5.90. The maximum atomic E-state index is 12.4. The van der Waals surface area contributed by atoms with Crippen LogP contribution in [0.5, 0.6) is 0 Å². The van der Waals surface area contributed by atoms with E-state index in [4.69, 9.17) is 4.74 Å². The molecule has 3 nitrogen and oxygen atoms in total. The van der Waals surface area contributed by atoms with E-state index in [1.165, 1.54) is 6.42 Å². The number of benzene rings is 1. The number of hydrogen-bond acceptors (Lipinski definition) is 2. The van der Waals surface area contributed by atoms with Crippen molar-refractivity contribution in [2.75, 3.05) is 6.54 Å². The molecule has 118 valence electrons. The average Bonchev–Trinajstić information content (AvgIpc) is 2.78. The van der Waals surface area contributed by atoms with Crippen LogP contribution in [-0.2, 0) is 4.74 Å². The van der Waals surface area contributed by atoms with Crippen LogP contribution in [0.3, 0.4) is 0 Å². The zero-order chi connectivity index (χ0) is 15.4. The van der Waals surface area contributed by atoms with E-state index in [1.54, 1.807) is 0 Å². The lowest BCUT2D eigenvalue weighted by molar-refractivity contribution is 0.0404. The molecule has 2 aliphatic rings. The first kappa shape index (κ1) is 15.1. The molecule has 2 fully saturated rings. The van der Waals surface area contributed by atoms with Crippen molar-refractivity contribution in [3.8, 4) is 0 Å². The Hall–Kier alpha value is -1.77. The van der Waals surface area contributed by atoms with Crippen molar-refractivity contribution in [2.24, 2.45) is 0 Å². The fourth-order valence-electron chi connectivity index (χ4n) is 3.54. The summed E-state index contributed by atoms with van der Waals surface area (Å²) in [7, 11) is 0. The Labute approximate surface area is 133 Å². The molecular formula is C19H25NO2. The smallest absolute Gasteiger partial charge is 0.415 e.